The van der Waals surface area contributed by atoms with Gasteiger partial charge in [0.1, 0.15) is 11.1 Å². The summed E-state index contributed by atoms with van der Waals surface area (Å²) in [5.74, 6) is -0.358. The molecule has 0 aliphatic heterocycles. The van der Waals surface area contributed by atoms with Gasteiger partial charge in [-0.1, -0.05) is 19.1 Å². The minimum absolute atomic E-state index is 0.337. The number of amides is 1. The molecule has 1 aliphatic carbocycles. The molecule has 0 bridgehead atoms. The number of fused-ring (bicyclic) bond motifs is 1. The Kier molecular flexibility index (Phi) is 4.56. The molecule has 1 aromatic heterocycles. The van der Waals surface area contributed by atoms with Gasteiger partial charge >= 0.3 is 6.18 Å². The summed E-state index contributed by atoms with van der Waals surface area (Å²) in [5, 5.41) is 12.3. The lowest BCUT2D eigenvalue weighted by molar-refractivity contribution is -0.137. The van der Waals surface area contributed by atoms with Gasteiger partial charge in [0.05, 0.1) is 16.7 Å². The third-order valence-electron chi connectivity index (χ3n) is 4.33. The van der Waals surface area contributed by atoms with E-state index in [1.165, 1.54) is 23.5 Å². The maximum atomic E-state index is 13.1. The Balaban J connectivity index is 1.94. The van der Waals surface area contributed by atoms with Gasteiger partial charge < -0.3 is 5.32 Å². The van der Waals surface area contributed by atoms with Crippen molar-refractivity contribution in [2.45, 2.75) is 32.4 Å². The SMILES string of the molecule is CC1CCc2c(sc(NC(=O)c3ccccc3C(F)(F)F)c2C#N)C1. The van der Waals surface area contributed by atoms with Gasteiger partial charge in [-0.05, 0) is 42.9 Å². The zero-order chi connectivity index (χ0) is 18.2. The van der Waals surface area contributed by atoms with Crippen LogP contribution in [0.2, 0.25) is 0 Å². The normalized spacial score (nSPS) is 16.8. The summed E-state index contributed by atoms with van der Waals surface area (Å²) >= 11 is 1.29. The van der Waals surface area contributed by atoms with Gasteiger partial charge in [-0.25, -0.2) is 0 Å². The van der Waals surface area contributed by atoms with E-state index in [1.807, 2.05) is 0 Å². The Morgan fingerprint density at radius 1 is 1.36 bits per heavy atom. The molecular formula is C18H15F3N2OS. The standard InChI is InChI=1S/C18H15F3N2OS/c1-10-6-7-11-13(9-22)17(25-15(11)8-10)23-16(24)12-4-2-3-5-14(12)18(19,20)21/h2-5,10H,6-8H2,1H3,(H,23,24). The Labute approximate surface area is 147 Å². The first kappa shape index (κ1) is 17.5. The molecule has 1 N–H and O–H groups in total. The van der Waals surface area contributed by atoms with Crippen LogP contribution in [0.3, 0.4) is 0 Å². The van der Waals surface area contributed by atoms with E-state index in [0.29, 0.717) is 16.5 Å². The van der Waals surface area contributed by atoms with Crippen LogP contribution in [0.5, 0.6) is 0 Å². The minimum Gasteiger partial charge on any atom is -0.312 e. The molecule has 0 fully saturated rings. The highest BCUT2D eigenvalue weighted by Crippen LogP contribution is 2.40. The van der Waals surface area contributed by atoms with Crippen LogP contribution in [0, 0.1) is 17.2 Å². The number of alkyl halides is 3. The Morgan fingerprint density at radius 3 is 2.76 bits per heavy atom. The van der Waals surface area contributed by atoms with Crippen molar-refractivity contribution in [1.29, 1.82) is 5.26 Å². The number of nitriles is 1. The van der Waals surface area contributed by atoms with Gasteiger partial charge in [-0.3, -0.25) is 4.79 Å². The molecule has 25 heavy (non-hydrogen) atoms. The first-order valence-electron chi connectivity index (χ1n) is 7.83. The lowest BCUT2D eigenvalue weighted by Crippen LogP contribution is -2.18. The highest BCUT2D eigenvalue weighted by atomic mass is 32.1. The average Bonchev–Trinajstić information content (AvgIpc) is 2.89. The minimum atomic E-state index is -4.61. The lowest BCUT2D eigenvalue weighted by Gasteiger charge is -2.17. The molecule has 1 amide bonds. The number of thiophene rings is 1. The van der Waals surface area contributed by atoms with Gasteiger partial charge in [-0.15, -0.1) is 11.3 Å². The summed E-state index contributed by atoms with van der Waals surface area (Å²) < 4.78 is 39.3. The van der Waals surface area contributed by atoms with E-state index < -0.39 is 23.2 Å². The monoisotopic (exact) mass is 364 g/mol. The van der Waals surface area contributed by atoms with E-state index in [1.54, 1.807) is 0 Å². The highest BCUT2D eigenvalue weighted by molar-refractivity contribution is 7.16. The molecule has 7 heteroatoms. The van der Waals surface area contributed by atoms with Gasteiger partial charge in [-0.2, -0.15) is 18.4 Å². The molecule has 1 unspecified atom stereocenters. The average molecular weight is 364 g/mol. The van der Waals surface area contributed by atoms with Crippen molar-refractivity contribution in [2.75, 3.05) is 5.32 Å². The zero-order valence-electron chi connectivity index (χ0n) is 13.4. The summed E-state index contributed by atoms with van der Waals surface area (Å²) in [5.41, 5.74) is -0.130. The van der Waals surface area contributed by atoms with E-state index in [0.717, 1.165) is 41.8 Å². The number of anilines is 1. The fraction of sp³-hybridized carbons (Fsp3) is 0.333. The summed E-state index contributed by atoms with van der Waals surface area (Å²) in [6.07, 6.45) is -2.08. The van der Waals surface area contributed by atoms with Crippen LogP contribution in [0.15, 0.2) is 24.3 Å². The third kappa shape index (κ3) is 3.40. The first-order chi connectivity index (χ1) is 11.8. The van der Waals surface area contributed by atoms with Crippen LogP contribution in [-0.4, -0.2) is 5.91 Å². The smallest absolute Gasteiger partial charge is 0.312 e. The molecule has 3 nitrogen and oxygen atoms in total. The van der Waals surface area contributed by atoms with E-state index in [-0.39, 0.29) is 0 Å². The van der Waals surface area contributed by atoms with E-state index >= 15 is 0 Å². The summed E-state index contributed by atoms with van der Waals surface area (Å²) in [7, 11) is 0. The molecular weight excluding hydrogens is 349 g/mol. The highest BCUT2D eigenvalue weighted by Gasteiger charge is 2.35. The first-order valence-corrected chi connectivity index (χ1v) is 8.65. The van der Waals surface area contributed by atoms with Crippen LogP contribution >= 0.6 is 11.3 Å². The largest absolute Gasteiger partial charge is 0.417 e. The molecule has 1 aliphatic rings. The van der Waals surface area contributed by atoms with E-state index in [4.69, 9.17) is 0 Å². The molecule has 0 saturated carbocycles. The third-order valence-corrected chi connectivity index (χ3v) is 5.50. The summed E-state index contributed by atoms with van der Waals surface area (Å²) in [6, 6.07) is 6.74. The second kappa shape index (κ2) is 6.52. The van der Waals surface area contributed by atoms with Crippen LogP contribution in [0.25, 0.3) is 0 Å². The second-order valence-corrected chi connectivity index (χ2v) is 7.27. The van der Waals surface area contributed by atoms with Gasteiger partial charge in [0.15, 0.2) is 0 Å². The predicted molar refractivity (Wildman–Crippen MR) is 89.6 cm³/mol. The number of carbonyl (C=O) groups is 1. The topological polar surface area (TPSA) is 52.9 Å². The van der Waals surface area contributed by atoms with Crippen molar-refractivity contribution in [1.82, 2.24) is 0 Å². The molecule has 1 atom stereocenters. The summed E-state index contributed by atoms with van der Waals surface area (Å²) in [6.45, 7) is 2.12. The number of nitrogens with one attached hydrogen (secondary N) is 1. The lowest BCUT2D eigenvalue weighted by atomic mass is 9.88. The summed E-state index contributed by atoms with van der Waals surface area (Å²) in [4.78, 5) is 13.4. The molecule has 0 radical (unpaired) electrons. The number of rotatable bonds is 2. The van der Waals surface area contributed by atoms with Crippen molar-refractivity contribution in [3.05, 3.63) is 51.4 Å². The number of halogens is 3. The van der Waals surface area contributed by atoms with Gasteiger partial charge in [0.25, 0.3) is 5.91 Å². The molecule has 0 saturated heterocycles. The Morgan fingerprint density at radius 2 is 2.08 bits per heavy atom. The molecule has 1 heterocycles. The number of hydrogen-bond donors (Lipinski definition) is 1. The van der Waals surface area contributed by atoms with E-state index in [2.05, 4.69) is 18.3 Å². The maximum Gasteiger partial charge on any atom is 0.417 e. The van der Waals surface area contributed by atoms with Crippen LogP contribution in [-0.2, 0) is 19.0 Å². The van der Waals surface area contributed by atoms with Crippen molar-refractivity contribution in [3.63, 3.8) is 0 Å². The fourth-order valence-electron chi connectivity index (χ4n) is 3.06. The zero-order valence-corrected chi connectivity index (χ0v) is 14.2. The molecule has 2 aromatic rings. The molecule has 3 rings (SSSR count). The van der Waals surface area contributed by atoms with Crippen LogP contribution < -0.4 is 5.32 Å². The molecule has 0 spiro atoms. The molecule has 130 valence electrons. The quantitative estimate of drug-likeness (QED) is 0.814. The van der Waals surface area contributed by atoms with Crippen LogP contribution in [0.1, 0.15) is 45.3 Å². The predicted octanol–water partition coefficient (Wildman–Crippen LogP) is 5.02. The van der Waals surface area contributed by atoms with E-state index in [9.17, 15) is 23.2 Å². The maximum absolute atomic E-state index is 13.1. The number of benzene rings is 1. The van der Waals surface area contributed by atoms with Gasteiger partial charge in [0.2, 0.25) is 0 Å². The van der Waals surface area contributed by atoms with Crippen molar-refractivity contribution >= 4 is 22.2 Å². The van der Waals surface area contributed by atoms with Crippen molar-refractivity contribution < 1.29 is 18.0 Å². The number of nitrogens with zero attached hydrogens (tertiary/aromatic N) is 1. The van der Waals surface area contributed by atoms with Crippen molar-refractivity contribution in [3.8, 4) is 6.07 Å². The van der Waals surface area contributed by atoms with Crippen molar-refractivity contribution in [2.24, 2.45) is 5.92 Å². The molecule has 1 aromatic carbocycles. The Bertz CT molecular complexity index is 864. The number of carbonyl (C=O) groups excluding carboxylic acids is 1. The fourth-order valence-corrected chi connectivity index (χ4v) is 4.41. The number of hydrogen-bond acceptors (Lipinski definition) is 3. The van der Waals surface area contributed by atoms with Gasteiger partial charge in [0, 0.05) is 4.88 Å². The Hall–Kier alpha value is -2.33. The second-order valence-electron chi connectivity index (χ2n) is 6.17. The van der Waals surface area contributed by atoms with Crippen LogP contribution in [0.4, 0.5) is 18.2 Å².